The van der Waals surface area contributed by atoms with Crippen LogP contribution in [0.25, 0.3) is 0 Å². The molecule has 48 heavy (non-hydrogen) atoms. The van der Waals surface area contributed by atoms with Crippen LogP contribution in [0, 0.1) is 23.1 Å². The summed E-state index contributed by atoms with van der Waals surface area (Å²) in [5.74, 6) is 3.92. The van der Waals surface area contributed by atoms with E-state index in [9.17, 15) is 22.4 Å². The minimum Gasteiger partial charge on any atom is -0.382 e. The smallest absolute Gasteiger partial charge is 0.382 e. The van der Waals surface area contributed by atoms with Gasteiger partial charge in [0.1, 0.15) is 5.82 Å². The number of nitrogens with one attached hydrogen (secondary N) is 1. The van der Waals surface area contributed by atoms with Crippen molar-refractivity contribution in [3.05, 3.63) is 88.5 Å². The maximum atomic E-state index is 13.6. The van der Waals surface area contributed by atoms with Crippen molar-refractivity contribution >= 4 is 11.7 Å². The number of nitrogens with two attached hydrogens (primary N) is 2. The molecule has 3 fully saturated rings. The highest BCUT2D eigenvalue weighted by Gasteiger charge is 2.54. The summed E-state index contributed by atoms with van der Waals surface area (Å²) < 4.78 is 61.3. The second-order valence-corrected chi connectivity index (χ2v) is 13.6. The first-order chi connectivity index (χ1) is 23.0. The first-order valence-corrected chi connectivity index (χ1v) is 16.3. The Kier molecular flexibility index (Phi) is 9.77. The fourth-order valence-corrected chi connectivity index (χ4v) is 7.89. The SMILES string of the molecule is CN1CC2(C1)CN(C(=O)c1cnn(Cc3ccc(F)cc3)c1)CC2COCc1cccc(C2CCC(C(F)(F)F)CC2)c1/C(N)=N/NN. The van der Waals surface area contributed by atoms with Crippen LogP contribution in [0.15, 0.2) is 60.0 Å². The molecule has 1 unspecified atom stereocenters. The Balaban J connectivity index is 1.12. The molecule has 5 N–H and O–H groups in total. The lowest BCUT2D eigenvalue weighted by Crippen LogP contribution is -2.59. The van der Waals surface area contributed by atoms with Crippen molar-refractivity contribution in [3.8, 4) is 0 Å². The molecule has 2 saturated heterocycles. The van der Waals surface area contributed by atoms with Gasteiger partial charge in [0.05, 0.1) is 37.4 Å². The molecule has 1 saturated carbocycles. The lowest BCUT2D eigenvalue weighted by molar-refractivity contribution is -0.182. The van der Waals surface area contributed by atoms with Crippen LogP contribution in [0.5, 0.6) is 0 Å². The van der Waals surface area contributed by atoms with Gasteiger partial charge in [-0.25, -0.2) is 15.8 Å². The Hall–Kier alpha value is -4.01. The predicted octanol–water partition coefficient (Wildman–Crippen LogP) is 4.21. The average molecular weight is 671 g/mol. The molecule has 0 radical (unpaired) electrons. The molecule has 0 bridgehead atoms. The fraction of sp³-hybridized carbons (Fsp3) is 0.500. The van der Waals surface area contributed by atoms with Crippen molar-refractivity contribution in [2.45, 2.75) is 50.9 Å². The van der Waals surface area contributed by atoms with E-state index in [0.29, 0.717) is 50.2 Å². The Morgan fingerprint density at radius 3 is 2.50 bits per heavy atom. The first-order valence-electron chi connectivity index (χ1n) is 16.3. The zero-order valence-corrected chi connectivity index (χ0v) is 26.9. The Morgan fingerprint density at radius 1 is 1.10 bits per heavy atom. The number of carbonyl (C=O) groups is 1. The zero-order chi connectivity index (χ0) is 34.1. The maximum absolute atomic E-state index is 13.6. The Bertz CT molecular complexity index is 1610. The monoisotopic (exact) mass is 670 g/mol. The van der Waals surface area contributed by atoms with Crippen LogP contribution >= 0.6 is 0 Å². The number of halogens is 4. The number of alkyl halides is 3. The molecule has 2 aliphatic heterocycles. The highest BCUT2D eigenvalue weighted by atomic mass is 19.4. The number of aromatic nitrogens is 2. The van der Waals surface area contributed by atoms with E-state index in [-0.39, 0.29) is 54.3 Å². The number of ether oxygens (including phenoxy) is 1. The lowest BCUT2D eigenvalue weighted by Gasteiger charge is -2.49. The lowest BCUT2D eigenvalue weighted by atomic mass is 9.72. The fourth-order valence-electron chi connectivity index (χ4n) is 7.89. The molecule has 2 aromatic carbocycles. The van der Waals surface area contributed by atoms with Crippen molar-refractivity contribution < 1.29 is 27.1 Å². The summed E-state index contributed by atoms with van der Waals surface area (Å²) >= 11 is 0. The molecule has 1 atom stereocenters. The summed E-state index contributed by atoms with van der Waals surface area (Å²) in [5, 5.41) is 8.37. The van der Waals surface area contributed by atoms with Gasteiger partial charge in [0.2, 0.25) is 0 Å². The van der Waals surface area contributed by atoms with E-state index in [0.717, 1.165) is 29.8 Å². The van der Waals surface area contributed by atoms with Crippen molar-refractivity contribution in [1.29, 1.82) is 0 Å². The molecular weight excluding hydrogens is 628 g/mol. The van der Waals surface area contributed by atoms with Gasteiger partial charge in [-0.05, 0) is 67.5 Å². The maximum Gasteiger partial charge on any atom is 0.391 e. The number of hydrogen-bond acceptors (Lipinski definition) is 7. The van der Waals surface area contributed by atoms with Crippen LogP contribution in [-0.4, -0.2) is 77.3 Å². The van der Waals surface area contributed by atoms with Gasteiger partial charge in [-0.1, -0.05) is 30.3 Å². The minimum atomic E-state index is -4.19. The standard InChI is InChI=1S/C34H42F4N8O2/c1-44-19-33(20-44)21-45(32(47)25-13-41-46(15-25)14-22-5-11-28(35)12-6-22)16-27(33)18-48-17-24-3-2-4-29(30(24)31(39)42-43-40)23-7-9-26(10-8-23)34(36,37)38/h2-6,11-13,15,23,26-27,43H,7-10,14,16-21,40H2,1H3,(H2,39,42). The molecule has 1 aromatic heterocycles. The van der Waals surface area contributed by atoms with E-state index in [4.69, 9.17) is 16.3 Å². The van der Waals surface area contributed by atoms with E-state index < -0.39 is 12.1 Å². The van der Waals surface area contributed by atoms with Gasteiger partial charge in [0, 0.05) is 49.3 Å². The summed E-state index contributed by atoms with van der Waals surface area (Å²) in [6, 6.07) is 11.9. The minimum absolute atomic E-state index is 0.0724. The van der Waals surface area contributed by atoms with Crippen molar-refractivity contribution in [3.63, 3.8) is 0 Å². The van der Waals surface area contributed by atoms with Gasteiger partial charge >= 0.3 is 6.18 Å². The second-order valence-electron chi connectivity index (χ2n) is 13.6. The van der Waals surface area contributed by atoms with Crippen LogP contribution in [0.2, 0.25) is 0 Å². The Morgan fingerprint density at radius 2 is 1.83 bits per heavy atom. The van der Waals surface area contributed by atoms with Crippen LogP contribution in [0.4, 0.5) is 17.6 Å². The highest BCUT2D eigenvalue weighted by molar-refractivity contribution is 6.00. The van der Waals surface area contributed by atoms with Crippen molar-refractivity contribution in [1.82, 2.24) is 25.1 Å². The summed E-state index contributed by atoms with van der Waals surface area (Å²) in [7, 11) is 2.06. The van der Waals surface area contributed by atoms with Crippen molar-refractivity contribution in [2.75, 3.05) is 39.8 Å². The van der Waals surface area contributed by atoms with Gasteiger partial charge in [-0.3, -0.25) is 9.48 Å². The number of nitrogens with zero attached hydrogens (tertiary/aromatic N) is 5. The van der Waals surface area contributed by atoms with E-state index in [1.807, 2.05) is 23.1 Å². The number of benzene rings is 2. The highest BCUT2D eigenvalue weighted by Crippen LogP contribution is 2.45. The van der Waals surface area contributed by atoms with Gasteiger partial charge < -0.3 is 20.3 Å². The van der Waals surface area contributed by atoms with Crippen LogP contribution in [0.1, 0.15) is 64.2 Å². The normalized spacial score (nSPS) is 23.0. The average Bonchev–Trinajstić information content (AvgIpc) is 3.67. The third-order valence-corrected chi connectivity index (χ3v) is 10.2. The number of amidine groups is 1. The number of carbonyl (C=O) groups excluding carboxylic acids is 1. The largest absolute Gasteiger partial charge is 0.391 e. The summed E-state index contributed by atoms with van der Waals surface area (Å²) in [4.78, 5) is 17.7. The molecule has 258 valence electrons. The molecule has 3 heterocycles. The van der Waals surface area contributed by atoms with E-state index >= 15 is 0 Å². The van der Waals surface area contributed by atoms with Crippen LogP contribution in [-0.2, 0) is 17.9 Å². The van der Waals surface area contributed by atoms with Crippen LogP contribution < -0.4 is 17.1 Å². The zero-order valence-electron chi connectivity index (χ0n) is 26.9. The summed E-state index contributed by atoms with van der Waals surface area (Å²) in [6.07, 6.45) is 0.0539. The molecule has 1 spiro atoms. The molecule has 3 aromatic rings. The number of hydrazone groups is 1. The van der Waals surface area contributed by atoms with Gasteiger partial charge in [0.25, 0.3) is 5.91 Å². The molecule has 14 heteroatoms. The van der Waals surface area contributed by atoms with E-state index in [1.165, 1.54) is 12.1 Å². The second kappa shape index (κ2) is 13.8. The number of hydrogen-bond donors (Lipinski definition) is 3. The van der Waals surface area contributed by atoms with Crippen molar-refractivity contribution in [2.24, 2.45) is 33.9 Å². The van der Waals surface area contributed by atoms with Gasteiger partial charge in [-0.15, -0.1) is 5.10 Å². The summed E-state index contributed by atoms with van der Waals surface area (Å²) in [6.45, 7) is 3.88. The number of rotatable bonds is 10. The number of amides is 1. The summed E-state index contributed by atoms with van der Waals surface area (Å²) in [5.41, 5.74) is 12.1. The number of likely N-dealkylation sites (tertiary alicyclic amines) is 2. The molecule has 10 nitrogen and oxygen atoms in total. The third-order valence-electron chi connectivity index (χ3n) is 10.2. The molecule has 3 aliphatic rings. The number of hydrazine groups is 1. The molecule has 6 rings (SSSR count). The quantitative estimate of drug-likeness (QED) is 0.0970. The topological polar surface area (TPSA) is 127 Å². The molecule has 1 aliphatic carbocycles. The van der Waals surface area contributed by atoms with Gasteiger partial charge in [0.15, 0.2) is 5.84 Å². The predicted molar refractivity (Wildman–Crippen MR) is 172 cm³/mol. The molecular formula is C34H42F4N8O2. The third kappa shape index (κ3) is 7.20. The Labute approximate surface area is 277 Å². The van der Waals surface area contributed by atoms with Gasteiger partial charge in [-0.2, -0.15) is 18.3 Å². The first kappa shape index (κ1) is 33.9. The van der Waals surface area contributed by atoms with Crippen LogP contribution in [0.3, 0.4) is 0 Å². The van der Waals surface area contributed by atoms with E-state index in [2.05, 4.69) is 27.7 Å². The molecule has 1 amide bonds. The van der Waals surface area contributed by atoms with E-state index in [1.54, 1.807) is 29.2 Å².